The van der Waals surface area contributed by atoms with Crippen molar-refractivity contribution < 1.29 is 9.47 Å². The lowest BCUT2D eigenvalue weighted by molar-refractivity contribution is 0.254. The van der Waals surface area contributed by atoms with Crippen molar-refractivity contribution in [1.29, 1.82) is 0 Å². The molecule has 1 heterocycles. The van der Waals surface area contributed by atoms with E-state index in [0.29, 0.717) is 6.04 Å². The molecule has 0 bridgehead atoms. The lowest BCUT2D eigenvalue weighted by atomic mass is 10.0. The molecule has 1 aromatic rings. The fraction of sp³-hybridized carbons (Fsp3) is 0.667. The number of ether oxygens (including phenoxy) is 2. The van der Waals surface area contributed by atoms with E-state index in [4.69, 9.17) is 9.47 Å². The standard InChI is InChI=1S/C18H27NO2/c1-13-9-14-10-17(20-2)15(11-18(14)21-13)12-19-16-7-5-3-4-6-8-16/h10-11,13,16,19H,3-9,12H2,1-2H3. The molecule has 3 heteroatoms. The summed E-state index contributed by atoms with van der Waals surface area (Å²) in [6.45, 7) is 2.99. The van der Waals surface area contributed by atoms with Crippen LogP contribution in [0.5, 0.6) is 11.5 Å². The molecule has 1 fully saturated rings. The molecule has 1 aromatic carbocycles. The van der Waals surface area contributed by atoms with Gasteiger partial charge in [0.2, 0.25) is 0 Å². The van der Waals surface area contributed by atoms with Crippen LogP contribution in [0.3, 0.4) is 0 Å². The normalized spacial score (nSPS) is 22.5. The molecule has 1 unspecified atom stereocenters. The molecule has 116 valence electrons. The summed E-state index contributed by atoms with van der Waals surface area (Å²) in [4.78, 5) is 0. The van der Waals surface area contributed by atoms with E-state index in [9.17, 15) is 0 Å². The maximum absolute atomic E-state index is 5.88. The van der Waals surface area contributed by atoms with Crippen LogP contribution < -0.4 is 14.8 Å². The second-order valence-electron chi connectivity index (χ2n) is 6.47. The van der Waals surface area contributed by atoms with Crippen LogP contribution in [0.2, 0.25) is 0 Å². The van der Waals surface area contributed by atoms with Gasteiger partial charge in [-0.1, -0.05) is 25.7 Å². The van der Waals surface area contributed by atoms with Gasteiger partial charge in [0, 0.05) is 30.1 Å². The van der Waals surface area contributed by atoms with Gasteiger partial charge in [0.15, 0.2) is 0 Å². The highest BCUT2D eigenvalue weighted by molar-refractivity contribution is 5.48. The number of hydrogen-bond acceptors (Lipinski definition) is 3. The van der Waals surface area contributed by atoms with Gasteiger partial charge >= 0.3 is 0 Å². The van der Waals surface area contributed by atoms with Crippen molar-refractivity contribution in [2.24, 2.45) is 0 Å². The number of methoxy groups -OCH3 is 1. The third-order valence-electron chi connectivity index (χ3n) is 4.74. The molecule has 0 radical (unpaired) electrons. The van der Waals surface area contributed by atoms with Crippen molar-refractivity contribution in [3.05, 3.63) is 23.3 Å². The highest BCUT2D eigenvalue weighted by Gasteiger charge is 2.22. The summed E-state index contributed by atoms with van der Waals surface area (Å²) in [5.41, 5.74) is 2.49. The van der Waals surface area contributed by atoms with E-state index in [2.05, 4.69) is 24.4 Å². The highest BCUT2D eigenvalue weighted by Crippen LogP contribution is 2.35. The number of benzene rings is 1. The van der Waals surface area contributed by atoms with E-state index in [-0.39, 0.29) is 6.10 Å². The van der Waals surface area contributed by atoms with Crippen LogP contribution in [0.25, 0.3) is 0 Å². The van der Waals surface area contributed by atoms with Gasteiger partial charge in [-0.15, -0.1) is 0 Å². The zero-order valence-electron chi connectivity index (χ0n) is 13.3. The fourth-order valence-electron chi connectivity index (χ4n) is 3.55. The maximum atomic E-state index is 5.88. The van der Waals surface area contributed by atoms with Crippen LogP contribution in [-0.4, -0.2) is 19.3 Å². The molecule has 1 N–H and O–H groups in total. The molecule has 1 aliphatic carbocycles. The molecular weight excluding hydrogens is 262 g/mol. The molecule has 1 saturated carbocycles. The average Bonchev–Trinajstić information content (AvgIpc) is 2.68. The summed E-state index contributed by atoms with van der Waals surface area (Å²) in [5.74, 6) is 2.04. The van der Waals surface area contributed by atoms with Crippen LogP contribution >= 0.6 is 0 Å². The Morgan fingerprint density at radius 3 is 2.67 bits per heavy atom. The average molecular weight is 289 g/mol. The maximum Gasteiger partial charge on any atom is 0.123 e. The third-order valence-corrected chi connectivity index (χ3v) is 4.74. The smallest absolute Gasteiger partial charge is 0.123 e. The van der Waals surface area contributed by atoms with E-state index in [1.54, 1.807) is 7.11 Å². The Hall–Kier alpha value is -1.22. The first-order chi connectivity index (χ1) is 10.3. The predicted octanol–water partition coefficient (Wildman–Crippen LogP) is 3.83. The largest absolute Gasteiger partial charge is 0.496 e. The Morgan fingerprint density at radius 1 is 1.19 bits per heavy atom. The van der Waals surface area contributed by atoms with Crippen molar-refractivity contribution in [2.45, 2.75) is 70.6 Å². The van der Waals surface area contributed by atoms with Crippen molar-refractivity contribution in [3.8, 4) is 11.5 Å². The summed E-state index contributed by atoms with van der Waals surface area (Å²) >= 11 is 0. The van der Waals surface area contributed by atoms with Gasteiger partial charge in [-0.25, -0.2) is 0 Å². The predicted molar refractivity (Wildman–Crippen MR) is 85.1 cm³/mol. The number of rotatable bonds is 4. The van der Waals surface area contributed by atoms with Crippen molar-refractivity contribution in [1.82, 2.24) is 5.32 Å². The van der Waals surface area contributed by atoms with Gasteiger partial charge in [0.05, 0.1) is 7.11 Å². The SMILES string of the molecule is COc1cc2c(cc1CNC1CCCCCC1)OC(C)C2. The van der Waals surface area contributed by atoms with Crippen LogP contribution in [0.15, 0.2) is 12.1 Å². The molecule has 3 nitrogen and oxygen atoms in total. The first kappa shape index (κ1) is 14.7. The molecule has 0 saturated heterocycles. The molecule has 2 aliphatic rings. The van der Waals surface area contributed by atoms with E-state index in [1.165, 1.54) is 49.7 Å². The van der Waals surface area contributed by atoms with E-state index < -0.39 is 0 Å². The van der Waals surface area contributed by atoms with Crippen molar-refractivity contribution >= 4 is 0 Å². The van der Waals surface area contributed by atoms with Gasteiger partial charge in [-0.2, -0.15) is 0 Å². The molecule has 21 heavy (non-hydrogen) atoms. The Bertz CT molecular complexity index is 478. The molecule has 0 amide bonds. The van der Waals surface area contributed by atoms with Crippen molar-refractivity contribution in [2.75, 3.05) is 7.11 Å². The van der Waals surface area contributed by atoms with E-state index in [0.717, 1.165) is 24.5 Å². The van der Waals surface area contributed by atoms with Crippen molar-refractivity contribution in [3.63, 3.8) is 0 Å². The minimum absolute atomic E-state index is 0.287. The Morgan fingerprint density at radius 2 is 1.95 bits per heavy atom. The molecule has 0 aromatic heterocycles. The summed E-state index contributed by atoms with van der Waals surface area (Å²) in [6, 6.07) is 4.98. The van der Waals surface area contributed by atoms with E-state index >= 15 is 0 Å². The lowest BCUT2D eigenvalue weighted by Crippen LogP contribution is -2.28. The highest BCUT2D eigenvalue weighted by atomic mass is 16.5. The van der Waals surface area contributed by atoms with Crippen LogP contribution in [0, 0.1) is 0 Å². The van der Waals surface area contributed by atoms with Crippen LogP contribution in [0.4, 0.5) is 0 Å². The molecular formula is C18H27NO2. The first-order valence-corrected chi connectivity index (χ1v) is 8.36. The first-order valence-electron chi connectivity index (χ1n) is 8.36. The van der Waals surface area contributed by atoms with Crippen LogP contribution in [0.1, 0.15) is 56.6 Å². The Labute approximate surface area is 128 Å². The zero-order valence-corrected chi connectivity index (χ0v) is 13.3. The zero-order chi connectivity index (χ0) is 14.7. The van der Waals surface area contributed by atoms with Gasteiger partial charge in [0.25, 0.3) is 0 Å². The molecule has 0 spiro atoms. The van der Waals surface area contributed by atoms with Gasteiger partial charge in [-0.05, 0) is 31.9 Å². The second kappa shape index (κ2) is 6.69. The topological polar surface area (TPSA) is 30.5 Å². The third kappa shape index (κ3) is 3.52. The number of fused-ring (bicyclic) bond motifs is 1. The van der Waals surface area contributed by atoms with Gasteiger partial charge in [0.1, 0.15) is 17.6 Å². The van der Waals surface area contributed by atoms with E-state index in [1.807, 2.05) is 0 Å². The number of hydrogen-bond donors (Lipinski definition) is 1. The van der Waals surface area contributed by atoms with Crippen LogP contribution in [-0.2, 0) is 13.0 Å². The Kier molecular flexibility index (Phi) is 4.69. The van der Waals surface area contributed by atoms with Gasteiger partial charge in [-0.3, -0.25) is 0 Å². The number of nitrogens with one attached hydrogen (secondary N) is 1. The van der Waals surface area contributed by atoms with Gasteiger partial charge < -0.3 is 14.8 Å². The summed E-state index contributed by atoms with van der Waals surface area (Å²) in [5, 5.41) is 3.72. The summed E-state index contributed by atoms with van der Waals surface area (Å²) in [7, 11) is 1.76. The lowest BCUT2D eigenvalue weighted by Gasteiger charge is -2.18. The minimum atomic E-state index is 0.287. The molecule has 1 aliphatic heterocycles. The minimum Gasteiger partial charge on any atom is -0.496 e. The molecule has 3 rings (SSSR count). The quantitative estimate of drug-likeness (QED) is 0.855. The monoisotopic (exact) mass is 289 g/mol. The summed E-state index contributed by atoms with van der Waals surface area (Å²) < 4.78 is 11.5. The molecule has 1 atom stereocenters. The fourth-order valence-corrected chi connectivity index (χ4v) is 3.55. The summed E-state index contributed by atoms with van der Waals surface area (Å²) in [6.07, 6.45) is 9.40. The Balaban J connectivity index is 1.68. The second-order valence-corrected chi connectivity index (χ2v) is 6.47.